The van der Waals surface area contributed by atoms with Crippen LogP contribution in [0.1, 0.15) is 132 Å². The molecule has 2 nitrogen and oxygen atoms in total. The lowest BCUT2D eigenvalue weighted by Crippen LogP contribution is -2.25. The van der Waals surface area contributed by atoms with Gasteiger partial charge in [-0.3, -0.25) is 0 Å². The Balaban J connectivity index is 1.05. The number of hydrogen-bond donors (Lipinski definition) is 2. The van der Waals surface area contributed by atoms with E-state index in [4.69, 9.17) is 0 Å². The van der Waals surface area contributed by atoms with E-state index in [9.17, 15) is 0 Å². The predicted molar refractivity (Wildman–Crippen MR) is 253 cm³/mol. The lowest BCUT2D eigenvalue weighted by atomic mass is 9.70. The number of fused-ring (bicyclic) bond motifs is 3. The van der Waals surface area contributed by atoms with Crippen molar-refractivity contribution in [3.8, 4) is 33.4 Å². The molecule has 6 aromatic rings. The van der Waals surface area contributed by atoms with Gasteiger partial charge in [-0.25, -0.2) is 0 Å². The zero-order valence-corrected chi connectivity index (χ0v) is 36.0. The molecule has 0 fully saturated rings. The van der Waals surface area contributed by atoms with Crippen LogP contribution in [0.2, 0.25) is 0 Å². The maximum Gasteiger partial charge on any atom is 0.0387 e. The molecule has 2 heteroatoms. The Kier molecular flexibility index (Phi) is 13.9. The van der Waals surface area contributed by atoms with Gasteiger partial charge in [0, 0.05) is 28.2 Å². The van der Waals surface area contributed by atoms with E-state index >= 15 is 0 Å². The molecule has 0 aliphatic heterocycles. The maximum absolute atomic E-state index is 3.84. The highest BCUT2D eigenvalue weighted by atomic mass is 14.9. The van der Waals surface area contributed by atoms with Crippen LogP contribution in [0.15, 0.2) is 127 Å². The average Bonchev–Trinajstić information content (AvgIpc) is 3.51. The first-order chi connectivity index (χ1) is 28.4. The largest absolute Gasteiger partial charge is 0.356 e. The molecule has 58 heavy (non-hydrogen) atoms. The zero-order chi connectivity index (χ0) is 40.3. The second-order valence-electron chi connectivity index (χ2n) is 17.1. The summed E-state index contributed by atoms with van der Waals surface area (Å²) in [7, 11) is 0. The molecule has 6 aromatic carbocycles. The van der Waals surface area contributed by atoms with E-state index in [-0.39, 0.29) is 5.41 Å². The molecule has 1 aliphatic rings. The monoisotopic (exact) mass is 767 g/mol. The summed E-state index contributed by atoms with van der Waals surface area (Å²) in [6.07, 6.45) is 17.9. The van der Waals surface area contributed by atoms with Crippen molar-refractivity contribution in [1.29, 1.82) is 0 Å². The highest BCUT2D eigenvalue weighted by Gasteiger charge is 2.42. The average molecular weight is 767 g/mol. The van der Waals surface area contributed by atoms with E-state index in [0.717, 1.165) is 17.1 Å². The van der Waals surface area contributed by atoms with E-state index in [1.54, 1.807) is 5.56 Å². The fourth-order valence-electron chi connectivity index (χ4n) is 9.51. The van der Waals surface area contributed by atoms with Crippen molar-refractivity contribution < 1.29 is 0 Å². The van der Waals surface area contributed by atoms with Crippen LogP contribution >= 0.6 is 0 Å². The molecule has 0 saturated carbocycles. The fourth-order valence-corrected chi connectivity index (χ4v) is 9.51. The van der Waals surface area contributed by atoms with Gasteiger partial charge in [0.2, 0.25) is 0 Å². The maximum atomic E-state index is 3.84. The SMILES string of the molecule is CCCCCCC1(CCCCCC)c2ccccc2-c2ccc(Nc3ccc(-c4ccc(Nc5ccc(-c6ccc(CCCCC)cc6)cc5)cc4C)c(C)c3)cc21. The van der Waals surface area contributed by atoms with Gasteiger partial charge in [0.25, 0.3) is 0 Å². The van der Waals surface area contributed by atoms with Crippen LogP contribution in [0.5, 0.6) is 0 Å². The molecule has 0 unspecified atom stereocenters. The van der Waals surface area contributed by atoms with Crippen LogP contribution in [-0.2, 0) is 11.8 Å². The van der Waals surface area contributed by atoms with Crippen molar-refractivity contribution in [2.45, 2.75) is 130 Å². The highest BCUT2D eigenvalue weighted by Crippen LogP contribution is 2.55. The summed E-state index contributed by atoms with van der Waals surface area (Å²) in [5.74, 6) is 0. The van der Waals surface area contributed by atoms with Crippen molar-refractivity contribution in [2.75, 3.05) is 10.6 Å². The quantitative estimate of drug-likeness (QED) is 0.0756. The lowest BCUT2D eigenvalue weighted by molar-refractivity contribution is 0.401. The molecule has 0 heterocycles. The van der Waals surface area contributed by atoms with Gasteiger partial charge in [0.1, 0.15) is 0 Å². The summed E-state index contributed by atoms with van der Waals surface area (Å²) >= 11 is 0. The van der Waals surface area contributed by atoms with Crippen molar-refractivity contribution >= 4 is 22.7 Å². The number of unbranched alkanes of at least 4 members (excludes halogenated alkanes) is 8. The van der Waals surface area contributed by atoms with Gasteiger partial charge in [-0.1, -0.05) is 164 Å². The Morgan fingerprint density at radius 2 is 0.862 bits per heavy atom. The summed E-state index contributed by atoms with van der Waals surface area (Å²) < 4.78 is 0. The van der Waals surface area contributed by atoms with Crippen LogP contribution in [0.3, 0.4) is 0 Å². The summed E-state index contributed by atoms with van der Waals surface area (Å²) in [5, 5.41) is 7.48. The first kappa shape index (κ1) is 41.1. The number of benzene rings is 6. The van der Waals surface area contributed by atoms with E-state index in [2.05, 4.69) is 173 Å². The second-order valence-corrected chi connectivity index (χ2v) is 17.1. The lowest BCUT2D eigenvalue weighted by Gasteiger charge is -2.33. The molecular formula is C56H66N2. The van der Waals surface area contributed by atoms with E-state index in [1.807, 2.05) is 0 Å². The molecule has 0 bridgehead atoms. The summed E-state index contributed by atoms with van der Waals surface area (Å²) in [4.78, 5) is 0. The molecule has 0 amide bonds. The van der Waals surface area contributed by atoms with Gasteiger partial charge in [-0.2, -0.15) is 0 Å². The number of rotatable bonds is 20. The normalized spacial score (nSPS) is 12.6. The molecule has 1 aliphatic carbocycles. The third kappa shape index (κ3) is 9.44. The molecule has 0 spiro atoms. The Hall–Kier alpha value is -5.08. The second kappa shape index (κ2) is 19.6. The number of nitrogens with one attached hydrogen (secondary N) is 2. The number of hydrogen-bond acceptors (Lipinski definition) is 2. The van der Waals surface area contributed by atoms with E-state index < -0.39 is 0 Å². The molecule has 0 radical (unpaired) electrons. The van der Waals surface area contributed by atoms with Crippen molar-refractivity contribution in [3.63, 3.8) is 0 Å². The third-order valence-electron chi connectivity index (χ3n) is 12.7. The smallest absolute Gasteiger partial charge is 0.0387 e. The van der Waals surface area contributed by atoms with Crippen molar-refractivity contribution in [1.82, 2.24) is 0 Å². The fraction of sp³-hybridized carbons (Fsp3) is 0.357. The van der Waals surface area contributed by atoms with Gasteiger partial charge in [0.05, 0.1) is 0 Å². The van der Waals surface area contributed by atoms with Gasteiger partial charge in [-0.15, -0.1) is 0 Å². The third-order valence-corrected chi connectivity index (χ3v) is 12.7. The molecule has 0 saturated heterocycles. The van der Waals surface area contributed by atoms with Crippen molar-refractivity contribution in [2.24, 2.45) is 0 Å². The summed E-state index contributed by atoms with van der Waals surface area (Å²) in [6.45, 7) is 11.4. The molecule has 7 rings (SSSR count). The number of aryl methyl sites for hydroxylation is 3. The zero-order valence-electron chi connectivity index (χ0n) is 36.0. The topological polar surface area (TPSA) is 24.1 Å². The van der Waals surface area contributed by atoms with Crippen LogP contribution in [-0.4, -0.2) is 0 Å². The predicted octanol–water partition coefficient (Wildman–Crippen LogP) is 17.1. The van der Waals surface area contributed by atoms with Crippen LogP contribution in [0.4, 0.5) is 22.7 Å². The highest BCUT2D eigenvalue weighted by molar-refractivity contribution is 5.84. The number of anilines is 4. The molecular weight excluding hydrogens is 701 g/mol. The van der Waals surface area contributed by atoms with E-state index in [0.29, 0.717) is 0 Å². The molecule has 0 atom stereocenters. The minimum absolute atomic E-state index is 0.0903. The Morgan fingerprint density at radius 3 is 1.43 bits per heavy atom. The first-order valence-electron chi connectivity index (χ1n) is 22.6. The van der Waals surface area contributed by atoms with Crippen LogP contribution in [0, 0.1) is 13.8 Å². The Labute approximate surface area is 350 Å². The Bertz CT molecular complexity index is 2230. The van der Waals surface area contributed by atoms with Gasteiger partial charge in [-0.05, 0) is 149 Å². The van der Waals surface area contributed by atoms with Gasteiger partial charge >= 0.3 is 0 Å². The van der Waals surface area contributed by atoms with Gasteiger partial charge < -0.3 is 10.6 Å². The minimum Gasteiger partial charge on any atom is -0.356 e. The standard InChI is InChI=1S/C56H66N2/c1-6-9-12-17-36-56(37-18-13-10-7-2)54-21-16-15-20-52(54)53-35-32-49(40-55(53)56)58-48-31-34-51(42(5)39-48)50-33-30-47(38-41(50)4)57-46-28-26-45(27-29-46)44-24-22-43(23-25-44)19-14-11-8-3/h15-16,20-35,38-40,57-58H,6-14,17-19,36-37H2,1-5H3. The Morgan fingerprint density at radius 1 is 0.397 bits per heavy atom. The van der Waals surface area contributed by atoms with E-state index in [1.165, 1.54) is 151 Å². The minimum atomic E-state index is 0.0903. The van der Waals surface area contributed by atoms with Crippen LogP contribution < -0.4 is 10.6 Å². The van der Waals surface area contributed by atoms with Crippen molar-refractivity contribution in [3.05, 3.63) is 155 Å². The molecule has 0 aromatic heterocycles. The van der Waals surface area contributed by atoms with Crippen LogP contribution in [0.25, 0.3) is 33.4 Å². The summed E-state index contributed by atoms with van der Waals surface area (Å²) in [5.41, 5.74) is 19.6. The van der Waals surface area contributed by atoms with Gasteiger partial charge in [0.15, 0.2) is 0 Å². The summed E-state index contributed by atoms with van der Waals surface area (Å²) in [6, 6.07) is 48.0. The molecule has 2 N–H and O–H groups in total. The first-order valence-corrected chi connectivity index (χ1v) is 22.6. The molecule has 300 valence electrons.